The monoisotopic (exact) mass is 419 g/mol. The molecule has 3 aliphatic rings. The lowest BCUT2D eigenvalue weighted by Crippen LogP contribution is -2.61. The number of ether oxygens (including phenoxy) is 3. The van der Waals surface area contributed by atoms with Gasteiger partial charge < -0.3 is 24.8 Å². The molecule has 2 fully saturated rings. The number of hydrogen-bond acceptors (Lipinski definition) is 6. The zero-order valence-corrected chi connectivity index (χ0v) is 17.1. The number of nitrogens with one attached hydrogen (secondary N) is 2. The van der Waals surface area contributed by atoms with E-state index >= 15 is 0 Å². The zero-order valence-electron chi connectivity index (χ0n) is 16.3. The van der Waals surface area contributed by atoms with Gasteiger partial charge in [-0.05, 0) is 49.2 Å². The Bertz CT molecular complexity index is 817. The predicted molar refractivity (Wildman–Crippen MR) is 108 cm³/mol. The molecule has 8 nitrogen and oxygen atoms in total. The van der Waals surface area contributed by atoms with Crippen molar-refractivity contribution in [1.29, 1.82) is 0 Å². The summed E-state index contributed by atoms with van der Waals surface area (Å²) >= 11 is 5.48. The van der Waals surface area contributed by atoms with Crippen molar-refractivity contribution >= 4 is 29.1 Å². The molecule has 4 rings (SSSR count). The number of benzene rings is 1. The van der Waals surface area contributed by atoms with Gasteiger partial charge in [-0.1, -0.05) is 6.07 Å². The second kappa shape index (κ2) is 8.54. The van der Waals surface area contributed by atoms with Gasteiger partial charge in [0.2, 0.25) is 18.6 Å². The summed E-state index contributed by atoms with van der Waals surface area (Å²) in [5, 5.41) is 6.60. The number of carbonyl (C=O) groups excluding carboxylic acids is 2. The van der Waals surface area contributed by atoms with Crippen LogP contribution < -0.4 is 20.1 Å². The Balaban J connectivity index is 1.38. The van der Waals surface area contributed by atoms with Crippen molar-refractivity contribution in [2.24, 2.45) is 11.8 Å². The Morgan fingerprint density at radius 3 is 3.00 bits per heavy atom. The van der Waals surface area contributed by atoms with Crippen LogP contribution in [-0.2, 0) is 20.9 Å². The molecule has 1 saturated carbocycles. The van der Waals surface area contributed by atoms with Crippen molar-refractivity contribution < 1.29 is 23.8 Å². The lowest BCUT2D eigenvalue weighted by molar-refractivity contribution is -0.138. The minimum Gasteiger partial charge on any atom is -0.454 e. The van der Waals surface area contributed by atoms with Gasteiger partial charge in [-0.2, -0.15) is 0 Å². The minimum absolute atomic E-state index is 0.0171. The molecule has 2 aliphatic heterocycles. The molecule has 2 N–H and O–H groups in total. The number of hydrogen-bond donors (Lipinski definition) is 2. The van der Waals surface area contributed by atoms with E-state index in [9.17, 15) is 9.59 Å². The molecule has 0 spiro atoms. The highest BCUT2D eigenvalue weighted by Crippen LogP contribution is 2.35. The zero-order chi connectivity index (χ0) is 20.4. The van der Waals surface area contributed by atoms with Gasteiger partial charge in [0.05, 0.1) is 19.1 Å². The average molecular weight is 420 g/mol. The van der Waals surface area contributed by atoms with E-state index in [4.69, 9.17) is 26.4 Å². The van der Waals surface area contributed by atoms with Crippen molar-refractivity contribution in [2.75, 3.05) is 27.1 Å². The third kappa shape index (κ3) is 4.16. The van der Waals surface area contributed by atoms with Crippen LogP contribution in [0.2, 0.25) is 0 Å². The molecule has 29 heavy (non-hydrogen) atoms. The van der Waals surface area contributed by atoms with E-state index in [1.165, 1.54) is 0 Å². The summed E-state index contributed by atoms with van der Waals surface area (Å²) in [5.74, 6) is 1.15. The molecule has 1 aromatic rings. The van der Waals surface area contributed by atoms with Crippen LogP contribution in [0.15, 0.2) is 18.2 Å². The molecule has 3 atom stereocenters. The van der Waals surface area contributed by atoms with Gasteiger partial charge in [0.1, 0.15) is 0 Å². The largest absolute Gasteiger partial charge is 0.454 e. The summed E-state index contributed by atoms with van der Waals surface area (Å²) < 4.78 is 15.7. The normalized spacial score (nSPS) is 25.4. The van der Waals surface area contributed by atoms with E-state index in [-0.39, 0.29) is 36.5 Å². The first kappa shape index (κ1) is 19.9. The van der Waals surface area contributed by atoms with Crippen LogP contribution in [0.5, 0.6) is 11.5 Å². The number of fused-ring (bicyclic) bond motifs is 2. The Hall–Kier alpha value is -2.39. The maximum atomic E-state index is 13.1. The van der Waals surface area contributed by atoms with Gasteiger partial charge in [0, 0.05) is 25.6 Å². The highest BCUT2D eigenvalue weighted by atomic mass is 32.1. The lowest BCUT2D eigenvalue weighted by Gasteiger charge is -2.43. The SMILES string of the molecule is COCCNC(=O)C1CCC2C(=O)N(Cc3ccc4c(c3)OCO4)C(=S)NC2C1. The Labute approximate surface area is 174 Å². The molecule has 2 amide bonds. The van der Waals surface area contributed by atoms with E-state index in [0.29, 0.717) is 55.6 Å². The third-order valence-corrected chi connectivity index (χ3v) is 6.08. The molecule has 1 aliphatic carbocycles. The van der Waals surface area contributed by atoms with Crippen LogP contribution in [0.3, 0.4) is 0 Å². The molecule has 156 valence electrons. The second-order valence-corrected chi connectivity index (χ2v) is 7.95. The van der Waals surface area contributed by atoms with Crippen molar-refractivity contribution in [3.05, 3.63) is 23.8 Å². The molecule has 0 bridgehead atoms. The molecule has 0 radical (unpaired) electrons. The van der Waals surface area contributed by atoms with E-state index in [1.807, 2.05) is 18.2 Å². The number of amides is 2. The Morgan fingerprint density at radius 2 is 2.17 bits per heavy atom. The quantitative estimate of drug-likeness (QED) is 0.529. The van der Waals surface area contributed by atoms with Gasteiger partial charge >= 0.3 is 0 Å². The summed E-state index contributed by atoms with van der Waals surface area (Å²) in [6, 6.07) is 5.54. The fourth-order valence-corrected chi connectivity index (χ4v) is 4.50. The van der Waals surface area contributed by atoms with E-state index in [0.717, 1.165) is 5.56 Å². The third-order valence-electron chi connectivity index (χ3n) is 5.74. The highest BCUT2D eigenvalue weighted by molar-refractivity contribution is 7.80. The van der Waals surface area contributed by atoms with Gasteiger partial charge in [0.15, 0.2) is 16.6 Å². The second-order valence-electron chi connectivity index (χ2n) is 7.57. The van der Waals surface area contributed by atoms with Crippen LogP contribution >= 0.6 is 12.2 Å². The minimum atomic E-state index is -0.168. The van der Waals surface area contributed by atoms with Crippen molar-refractivity contribution in [3.63, 3.8) is 0 Å². The Kier molecular flexibility index (Phi) is 5.86. The van der Waals surface area contributed by atoms with Gasteiger partial charge in [-0.3, -0.25) is 14.5 Å². The van der Waals surface area contributed by atoms with Gasteiger partial charge in [-0.15, -0.1) is 0 Å². The van der Waals surface area contributed by atoms with Crippen LogP contribution in [0.1, 0.15) is 24.8 Å². The highest BCUT2D eigenvalue weighted by Gasteiger charge is 2.44. The first-order valence-electron chi connectivity index (χ1n) is 9.84. The lowest BCUT2D eigenvalue weighted by atomic mass is 9.76. The fourth-order valence-electron chi connectivity index (χ4n) is 4.19. The van der Waals surface area contributed by atoms with Gasteiger partial charge in [-0.25, -0.2) is 0 Å². The standard InChI is InChI=1S/C20H25N3O5S/c1-26-7-6-21-18(24)13-3-4-14-15(9-13)22-20(29)23(19(14)25)10-12-2-5-16-17(8-12)28-11-27-16/h2,5,8,13-15H,3-4,6-7,9-11H2,1H3,(H,21,24)(H,22,29). The molecule has 1 saturated heterocycles. The first-order chi connectivity index (χ1) is 14.1. The van der Waals surface area contributed by atoms with E-state index in [1.54, 1.807) is 12.0 Å². The number of nitrogens with zero attached hydrogens (tertiary/aromatic N) is 1. The van der Waals surface area contributed by atoms with Crippen LogP contribution in [0, 0.1) is 11.8 Å². The van der Waals surface area contributed by atoms with Crippen molar-refractivity contribution in [3.8, 4) is 11.5 Å². The molecule has 9 heteroatoms. The topological polar surface area (TPSA) is 89.1 Å². The number of thiocarbonyl (C=S) groups is 1. The van der Waals surface area contributed by atoms with E-state index in [2.05, 4.69) is 10.6 Å². The fraction of sp³-hybridized carbons (Fsp3) is 0.550. The summed E-state index contributed by atoms with van der Waals surface area (Å²) in [6.07, 6.45) is 1.96. The molecular weight excluding hydrogens is 394 g/mol. The first-order valence-corrected chi connectivity index (χ1v) is 10.2. The average Bonchev–Trinajstić information content (AvgIpc) is 3.18. The molecule has 0 aromatic heterocycles. The summed E-state index contributed by atoms with van der Waals surface area (Å²) in [5.41, 5.74) is 0.927. The number of rotatable bonds is 6. The molecule has 2 heterocycles. The molecule has 3 unspecified atom stereocenters. The summed E-state index contributed by atoms with van der Waals surface area (Å²) in [6.45, 7) is 1.57. The van der Waals surface area contributed by atoms with Crippen molar-refractivity contribution in [1.82, 2.24) is 15.5 Å². The molecule has 1 aromatic carbocycles. The summed E-state index contributed by atoms with van der Waals surface area (Å²) in [7, 11) is 1.60. The van der Waals surface area contributed by atoms with Crippen LogP contribution in [-0.4, -0.2) is 54.9 Å². The maximum Gasteiger partial charge on any atom is 0.234 e. The number of carbonyl (C=O) groups is 2. The van der Waals surface area contributed by atoms with Crippen LogP contribution in [0.4, 0.5) is 0 Å². The van der Waals surface area contributed by atoms with Crippen molar-refractivity contribution in [2.45, 2.75) is 31.8 Å². The smallest absolute Gasteiger partial charge is 0.234 e. The summed E-state index contributed by atoms with van der Waals surface area (Å²) in [4.78, 5) is 27.1. The van der Waals surface area contributed by atoms with Gasteiger partial charge in [0.25, 0.3) is 0 Å². The predicted octanol–water partition coefficient (Wildman–Crippen LogP) is 1.18. The van der Waals surface area contributed by atoms with E-state index < -0.39 is 0 Å². The van der Waals surface area contributed by atoms with Crippen LogP contribution in [0.25, 0.3) is 0 Å². The maximum absolute atomic E-state index is 13.1. The number of methoxy groups -OCH3 is 1. The Morgan fingerprint density at radius 1 is 1.34 bits per heavy atom. The molecular formula is C20H25N3O5S.